The summed E-state index contributed by atoms with van der Waals surface area (Å²) in [5.41, 5.74) is 0. The first-order chi connectivity index (χ1) is 9.78. The molecule has 1 aromatic heterocycles. The second-order valence-corrected chi connectivity index (χ2v) is 5.84. The van der Waals surface area contributed by atoms with Crippen LogP contribution < -0.4 is 0 Å². The molecule has 1 aliphatic heterocycles. The van der Waals surface area contributed by atoms with E-state index in [4.69, 9.17) is 4.74 Å². The Labute approximate surface area is 119 Å². The third kappa shape index (κ3) is 2.73. The van der Waals surface area contributed by atoms with Crippen molar-refractivity contribution in [2.45, 2.75) is 44.8 Å². The van der Waals surface area contributed by atoms with Gasteiger partial charge in [0.2, 0.25) is 5.91 Å². The van der Waals surface area contributed by atoms with Gasteiger partial charge in [0.05, 0.1) is 18.5 Å². The van der Waals surface area contributed by atoms with Crippen molar-refractivity contribution >= 4 is 5.91 Å². The number of amides is 1. The van der Waals surface area contributed by atoms with Gasteiger partial charge in [-0.1, -0.05) is 0 Å². The predicted molar refractivity (Wildman–Crippen MR) is 75.2 cm³/mol. The van der Waals surface area contributed by atoms with Crippen molar-refractivity contribution in [2.24, 2.45) is 5.92 Å². The first-order valence-corrected chi connectivity index (χ1v) is 7.65. The molecule has 1 amide bonds. The molecule has 0 aromatic carbocycles. The molecule has 1 saturated heterocycles. The largest absolute Gasteiger partial charge is 0.378 e. The zero-order valence-electron chi connectivity index (χ0n) is 12.1. The average Bonchev–Trinajstić information content (AvgIpc) is 2.96. The number of likely N-dealkylation sites (tertiary alicyclic amines) is 1. The molecule has 20 heavy (non-hydrogen) atoms. The Morgan fingerprint density at radius 3 is 3.00 bits per heavy atom. The Morgan fingerprint density at radius 2 is 2.30 bits per heavy atom. The molecule has 110 valence electrons. The number of piperidine rings is 1. The molecular weight excluding hydrogens is 254 g/mol. The van der Waals surface area contributed by atoms with Gasteiger partial charge in [-0.05, 0) is 32.6 Å². The molecule has 1 atom stereocenters. The van der Waals surface area contributed by atoms with Crippen molar-refractivity contribution in [1.29, 1.82) is 0 Å². The van der Waals surface area contributed by atoms with Crippen molar-refractivity contribution in [3.8, 4) is 0 Å². The fourth-order valence-corrected chi connectivity index (χ4v) is 3.28. The molecule has 0 bridgehead atoms. The van der Waals surface area contributed by atoms with Gasteiger partial charge in [0.15, 0.2) is 0 Å². The lowest BCUT2D eigenvalue weighted by Gasteiger charge is -2.40. The Balaban J connectivity index is 1.54. The number of hydrogen-bond acceptors (Lipinski definition) is 3. The normalized spacial score (nSPS) is 30.1. The molecule has 5 nitrogen and oxygen atoms in total. The van der Waals surface area contributed by atoms with Crippen LogP contribution in [0.25, 0.3) is 0 Å². The molecule has 5 heteroatoms. The Hall–Kier alpha value is -1.36. The van der Waals surface area contributed by atoms with Gasteiger partial charge in [-0.2, -0.15) is 0 Å². The zero-order valence-corrected chi connectivity index (χ0v) is 12.1. The van der Waals surface area contributed by atoms with Gasteiger partial charge in [-0.3, -0.25) is 4.79 Å². The van der Waals surface area contributed by atoms with Gasteiger partial charge in [0, 0.05) is 38.0 Å². The fraction of sp³-hybridized carbons (Fsp3) is 0.733. The summed E-state index contributed by atoms with van der Waals surface area (Å²) in [7, 11) is 0. The quantitative estimate of drug-likeness (QED) is 0.844. The van der Waals surface area contributed by atoms with Crippen LogP contribution in [0.3, 0.4) is 0 Å². The summed E-state index contributed by atoms with van der Waals surface area (Å²) in [5, 5.41) is 0. The summed E-state index contributed by atoms with van der Waals surface area (Å²) >= 11 is 0. The van der Waals surface area contributed by atoms with Crippen LogP contribution in [-0.4, -0.2) is 46.2 Å². The number of imidazole rings is 1. The molecule has 2 heterocycles. The number of rotatable bonds is 4. The number of aromatic nitrogens is 2. The molecule has 3 rings (SSSR count). The molecule has 1 unspecified atom stereocenters. The van der Waals surface area contributed by atoms with E-state index in [1.807, 2.05) is 24.3 Å². The summed E-state index contributed by atoms with van der Waals surface area (Å²) < 4.78 is 7.67. The van der Waals surface area contributed by atoms with E-state index >= 15 is 0 Å². The van der Waals surface area contributed by atoms with Crippen LogP contribution in [-0.2, 0) is 9.53 Å². The van der Waals surface area contributed by atoms with Gasteiger partial charge < -0.3 is 14.2 Å². The van der Waals surface area contributed by atoms with Crippen LogP contribution in [0.2, 0.25) is 0 Å². The van der Waals surface area contributed by atoms with Crippen LogP contribution in [0.1, 0.15) is 38.6 Å². The van der Waals surface area contributed by atoms with Crippen molar-refractivity contribution < 1.29 is 9.53 Å². The van der Waals surface area contributed by atoms with E-state index in [0.29, 0.717) is 18.1 Å². The van der Waals surface area contributed by atoms with Crippen molar-refractivity contribution in [3.05, 3.63) is 18.7 Å². The predicted octanol–water partition coefficient (Wildman–Crippen LogP) is 1.86. The maximum absolute atomic E-state index is 12.5. The van der Waals surface area contributed by atoms with Gasteiger partial charge in [-0.25, -0.2) is 4.98 Å². The summed E-state index contributed by atoms with van der Waals surface area (Å²) in [4.78, 5) is 18.6. The van der Waals surface area contributed by atoms with Crippen LogP contribution in [0.4, 0.5) is 0 Å². The summed E-state index contributed by atoms with van der Waals surface area (Å²) in [6.45, 7) is 4.48. The minimum atomic E-state index is 0.188. The topological polar surface area (TPSA) is 47.4 Å². The molecule has 0 radical (unpaired) electrons. The smallest absolute Gasteiger partial charge is 0.225 e. The molecule has 0 spiro atoms. The zero-order chi connectivity index (χ0) is 13.9. The van der Waals surface area contributed by atoms with E-state index in [1.54, 1.807) is 6.20 Å². The maximum Gasteiger partial charge on any atom is 0.225 e. The lowest BCUT2D eigenvalue weighted by Crippen LogP contribution is -2.48. The average molecular weight is 277 g/mol. The fourth-order valence-electron chi connectivity index (χ4n) is 3.28. The van der Waals surface area contributed by atoms with Gasteiger partial charge in [-0.15, -0.1) is 0 Å². The Morgan fingerprint density at radius 1 is 1.45 bits per heavy atom. The second kappa shape index (κ2) is 5.95. The van der Waals surface area contributed by atoms with Gasteiger partial charge >= 0.3 is 0 Å². The summed E-state index contributed by atoms with van der Waals surface area (Å²) in [6, 6.07) is 0.387. The standard InChI is InChI=1S/C15H23N3O2/c1-2-20-14-8-12(9-14)15(19)17-6-3-4-13(10-17)18-7-5-16-11-18/h5,7,11-14H,2-4,6,8-10H2,1H3. The van der Waals surface area contributed by atoms with Crippen molar-refractivity contribution in [2.75, 3.05) is 19.7 Å². The SMILES string of the molecule is CCOC1CC(C(=O)N2CCCC(n3ccnc3)C2)C1. The number of nitrogens with zero attached hydrogens (tertiary/aromatic N) is 3. The highest BCUT2D eigenvalue weighted by Gasteiger charge is 2.38. The summed E-state index contributed by atoms with van der Waals surface area (Å²) in [6.07, 6.45) is 9.98. The second-order valence-electron chi connectivity index (χ2n) is 5.84. The minimum Gasteiger partial charge on any atom is -0.378 e. The molecule has 1 saturated carbocycles. The molecule has 1 aromatic rings. The van der Waals surface area contributed by atoms with Gasteiger partial charge in [0.25, 0.3) is 0 Å². The van der Waals surface area contributed by atoms with E-state index in [0.717, 1.165) is 45.4 Å². The van der Waals surface area contributed by atoms with Crippen LogP contribution in [0.15, 0.2) is 18.7 Å². The third-order valence-corrected chi connectivity index (χ3v) is 4.50. The van der Waals surface area contributed by atoms with E-state index in [-0.39, 0.29) is 5.92 Å². The number of carbonyl (C=O) groups is 1. The third-order valence-electron chi connectivity index (χ3n) is 4.50. The first-order valence-electron chi connectivity index (χ1n) is 7.65. The van der Waals surface area contributed by atoms with Gasteiger partial charge in [0.1, 0.15) is 0 Å². The molecular formula is C15H23N3O2. The maximum atomic E-state index is 12.5. The molecule has 0 N–H and O–H groups in total. The number of hydrogen-bond donors (Lipinski definition) is 0. The monoisotopic (exact) mass is 277 g/mol. The first kappa shape index (κ1) is 13.6. The minimum absolute atomic E-state index is 0.188. The van der Waals surface area contributed by atoms with Crippen LogP contribution >= 0.6 is 0 Å². The number of ether oxygens (including phenoxy) is 1. The van der Waals surface area contributed by atoms with Crippen LogP contribution in [0, 0.1) is 5.92 Å². The molecule has 2 fully saturated rings. The lowest BCUT2D eigenvalue weighted by atomic mass is 9.81. The molecule has 2 aliphatic rings. The Bertz CT molecular complexity index is 440. The van der Waals surface area contributed by atoms with E-state index < -0.39 is 0 Å². The Kier molecular flexibility index (Phi) is 4.05. The lowest BCUT2D eigenvalue weighted by molar-refractivity contribution is -0.146. The van der Waals surface area contributed by atoms with Crippen molar-refractivity contribution in [1.82, 2.24) is 14.5 Å². The highest BCUT2D eigenvalue weighted by molar-refractivity contribution is 5.80. The highest BCUT2D eigenvalue weighted by Crippen LogP contribution is 2.33. The van der Waals surface area contributed by atoms with E-state index in [9.17, 15) is 4.79 Å². The summed E-state index contributed by atoms with van der Waals surface area (Å²) in [5.74, 6) is 0.513. The highest BCUT2D eigenvalue weighted by atomic mass is 16.5. The molecule has 1 aliphatic carbocycles. The van der Waals surface area contributed by atoms with Crippen molar-refractivity contribution in [3.63, 3.8) is 0 Å². The van der Waals surface area contributed by atoms with E-state index in [1.165, 1.54) is 0 Å². The number of carbonyl (C=O) groups excluding carboxylic acids is 1. The van der Waals surface area contributed by atoms with E-state index in [2.05, 4.69) is 9.55 Å². The van der Waals surface area contributed by atoms with Crippen LogP contribution in [0.5, 0.6) is 0 Å².